The van der Waals surface area contributed by atoms with Crippen LogP contribution in [-0.2, 0) is 11.8 Å². The van der Waals surface area contributed by atoms with E-state index in [4.69, 9.17) is 32.4 Å². The summed E-state index contributed by atoms with van der Waals surface area (Å²) in [5.41, 5.74) is 0.401. The fraction of sp³-hybridized carbons (Fsp3) is 0.462. The van der Waals surface area contributed by atoms with Gasteiger partial charge in [0.25, 0.3) is 5.91 Å². The molecule has 1 atom stereocenters. The average molecular weight is 345 g/mol. The van der Waals surface area contributed by atoms with Gasteiger partial charge in [-0.1, -0.05) is 23.2 Å². The monoisotopic (exact) mass is 344 g/mol. The van der Waals surface area contributed by atoms with Crippen LogP contribution in [0.2, 0.25) is 10.2 Å². The van der Waals surface area contributed by atoms with Gasteiger partial charge in [0.15, 0.2) is 0 Å². The van der Waals surface area contributed by atoms with Crippen LogP contribution >= 0.6 is 23.2 Å². The minimum atomic E-state index is -0.421. The fourth-order valence-electron chi connectivity index (χ4n) is 2.39. The molecule has 0 unspecified atom stereocenters. The maximum Gasteiger partial charge on any atom is 0.271 e. The molecular formula is C13H14Cl2N4O3. The third kappa shape index (κ3) is 2.60. The minimum Gasteiger partial charge on any atom is -0.423 e. The number of ether oxygens (including phenoxy) is 1. The molecule has 0 bridgehead atoms. The zero-order valence-electron chi connectivity index (χ0n) is 12.0. The number of amides is 1. The predicted octanol–water partition coefficient (Wildman–Crippen LogP) is 2.24. The Kier molecular flexibility index (Phi) is 4.12. The lowest BCUT2D eigenvalue weighted by Gasteiger charge is -2.33. The summed E-state index contributed by atoms with van der Waals surface area (Å²) in [5, 5.41) is 8.46. The molecule has 0 radical (unpaired) electrons. The Morgan fingerprint density at radius 1 is 1.41 bits per heavy atom. The van der Waals surface area contributed by atoms with Gasteiger partial charge in [-0.3, -0.25) is 4.79 Å². The smallest absolute Gasteiger partial charge is 0.271 e. The van der Waals surface area contributed by atoms with Crippen LogP contribution in [0.25, 0.3) is 0 Å². The van der Waals surface area contributed by atoms with E-state index in [9.17, 15) is 4.79 Å². The van der Waals surface area contributed by atoms with Gasteiger partial charge in [0, 0.05) is 20.5 Å². The SMILES string of the molecule is Cc1nnc([C@H]2COCCN2C(=O)c2cc(Cl)c(Cl)n2C)o1. The summed E-state index contributed by atoms with van der Waals surface area (Å²) in [6.07, 6.45) is 0. The first-order valence-electron chi connectivity index (χ1n) is 6.68. The van der Waals surface area contributed by atoms with Gasteiger partial charge in [0.1, 0.15) is 16.9 Å². The highest BCUT2D eigenvalue weighted by Crippen LogP contribution is 2.29. The van der Waals surface area contributed by atoms with E-state index in [2.05, 4.69) is 10.2 Å². The van der Waals surface area contributed by atoms with Gasteiger partial charge in [0.05, 0.1) is 18.2 Å². The van der Waals surface area contributed by atoms with Gasteiger partial charge in [-0.15, -0.1) is 10.2 Å². The van der Waals surface area contributed by atoms with Gasteiger partial charge in [-0.2, -0.15) is 0 Å². The third-order valence-corrected chi connectivity index (χ3v) is 4.39. The van der Waals surface area contributed by atoms with Crippen LogP contribution in [-0.4, -0.2) is 45.3 Å². The minimum absolute atomic E-state index is 0.208. The molecule has 1 amide bonds. The van der Waals surface area contributed by atoms with Crippen LogP contribution in [0.4, 0.5) is 0 Å². The van der Waals surface area contributed by atoms with Crippen molar-refractivity contribution in [2.24, 2.45) is 7.05 Å². The van der Waals surface area contributed by atoms with Crippen LogP contribution in [0.1, 0.15) is 28.3 Å². The lowest BCUT2D eigenvalue weighted by molar-refractivity contribution is -0.0111. The largest absolute Gasteiger partial charge is 0.423 e. The number of aryl methyl sites for hydroxylation is 1. The lowest BCUT2D eigenvalue weighted by Crippen LogP contribution is -2.44. The molecule has 118 valence electrons. The molecule has 3 rings (SSSR count). The molecule has 22 heavy (non-hydrogen) atoms. The lowest BCUT2D eigenvalue weighted by atomic mass is 10.2. The highest BCUT2D eigenvalue weighted by Gasteiger charge is 2.34. The molecule has 0 aliphatic carbocycles. The molecule has 1 saturated heterocycles. The highest BCUT2D eigenvalue weighted by molar-refractivity contribution is 6.41. The highest BCUT2D eigenvalue weighted by atomic mass is 35.5. The first-order chi connectivity index (χ1) is 10.5. The number of nitrogens with zero attached hydrogens (tertiary/aromatic N) is 4. The van der Waals surface area contributed by atoms with Crippen LogP contribution in [0.15, 0.2) is 10.5 Å². The third-order valence-electron chi connectivity index (χ3n) is 3.55. The quantitative estimate of drug-likeness (QED) is 0.835. The van der Waals surface area contributed by atoms with Crippen molar-refractivity contribution in [1.29, 1.82) is 0 Å². The molecular weight excluding hydrogens is 331 g/mol. The second-order valence-corrected chi connectivity index (χ2v) is 5.74. The van der Waals surface area contributed by atoms with Crippen molar-refractivity contribution < 1.29 is 13.9 Å². The summed E-state index contributed by atoms with van der Waals surface area (Å²) in [5.74, 6) is 0.593. The summed E-state index contributed by atoms with van der Waals surface area (Å²) >= 11 is 12.0. The van der Waals surface area contributed by atoms with E-state index in [0.717, 1.165) is 0 Å². The fourth-order valence-corrected chi connectivity index (χ4v) is 2.77. The van der Waals surface area contributed by atoms with Crippen molar-refractivity contribution in [3.63, 3.8) is 0 Å². The van der Waals surface area contributed by atoms with E-state index in [1.165, 1.54) is 0 Å². The molecule has 0 spiro atoms. The molecule has 1 aliphatic rings. The molecule has 9 heteroatoms. The number of carbonyl (C=O) groups excluding carboxylic acids is 1. The number of aromatic nitrogens is 3. The first kappa shape index (κ1) is 15.3. The van der Waals surface area contributed by atoms with Crippen LogP contribution in [0.5, 0.6) is 0 Å². The van der Waals surface area contributed by atoms with E-state index < -0.39 is 6.04 Å². The van der Waals surface area contributed by atoms with Gasteiger partial charge >= 0.3 is 0 Å². The molecule has 1 aliphatic heterocycles. The maximum atomic E-state index is 12.8. The van der Waals surface area contributed by atoms with Gasteiger partial charge in [-0.05, 0) is 6.07 Å². The number of hydrogen-bond acceptors (Lipinski definition) is 5. The Morgan fingerprint density at radius 3 is 2.77 bits per heavy atom. The molecule has 0 saturated carbocycles. The molecule has 2 aromatic heterocycles. The van der Waals surface area contributed by atoms with Crippen LogP contribution in [0, 0.1) is 6.92 Å². The van der Waals surface area contributed by atoms with Gasteiger partial charge in [-0.25, -0.2) is 0 Å². The summed E-state index contributed by atoms with van der Waals surface area (Å²) < 4.78 is 12.4. The molecule has 0 aromatic carbocycles. The number of hydrogen-bond donors (Lipinski definition) is 0. The van der Waals surface area contributed by atoms with Crippen molar-refractivity contribution in [3.8, 4) is 0 Å². The van der Waals surface area contributed by atoms with Gasteiger partial charge in [0.2, 0.25) is 11.8 Å². The van der Waals surface area contributed by atoms with E-state index in [1.54, 1.807) is 29.5 Å². The molecule has 3 heterocycles. The van der Waals surface area contributed by atoms with Gasteiger partial charge < -0.3 is 18.6 Å². The normalized spacial score (nSPS) is 18.7. The van der Waals surface area contributed by atoms with E-state index >= 15 is 0 Å². The Bertz CT molecular complexity index is 712. The number of rotatable bonds is 2. The zero-order chi connectivity index (χ0) is 15.9. The second kappa shape index (κ2) is 5.91. The van der Waals surface area contributed by atoms with Crippen molar-refractivity contribution in [2.45, 2.75) is 13.0 Å². The molecule has 2 aromatic rings. The Morgan fingerprint density at radius 2 is 2.18 bits per heavy atom. The maximum absolute atomic E-state index is 12.8. The van der Waals surface area contributed by atoms with E-state index in [-0.39, 0.29) is 5.91 Å². The van der Waals surface area contributed by atoms with Crippen LogP contribution < -0.4 is 0 Å². The molecule has 0 N–H and O–H groups in total. The summed E-state index contributed by atoms with van der Waals surface area (Å²) in [6.45, 7) is 2.87. The predicted molar refractivity (Wildman–Crippen MR) is 79.1 cm³/mol. The molecule has 1 fully saturated rings. The summed E-state index contributed by atoms with van der Waals surface area (Å²) in [4.78, 5) is 14.5. The first-order valence-corrected chi connectivity index (χ1v) is 7.44. The van der Waals surface area contributed by atoms with Crippen molar-refractivity contribution in [2.75, 3.05) is 19.8 Å². The summed E-state index contributed by atoms with van der Waals surface area (Å²) in [6, 6.07) is 1.13. The Hall–Kier alpha value is -1.57. The molecule has 7 nitrogen and oxygen atoms in total. The standard InChI is InChI=1S/C13H14Cl2N4O3/c1-7-16-17-12(22-7)10-6-21-4-3-19(10)13(20)9-5-8(14)11(15)18(9)2/h5,10H,3-4,6H2,1-2H3/t10-/m1/s1. The summed E-state index contributed by atoms with van der Waals surface area (Å²) in [7, 11) is 1.69. The zero-order valence-corrected chi connectivity index (χ0v) is 13.6. The topological polar surface area (TPSA) is 73.4 Å². The average Bonchev–Trinajstić information content (AvgIpc) is 3.06. The Balaban J connectivity index is 1.93. The van der Waals surface area contributed by atoms with E-state index in [0.29, 0.717) is 47.4 Å². The number of halogens is 2. The van der Waals surface area contributed by atoms with Crippen molar-refractivity contribution in [3.05, 3.63) is 33.7 Å². The Labute approximate surface area is 136 Å². The number of carbonyl (C=O) groups is 1. The number of morpholine rings is 1. The van der Waals surface area contributed by atoms with Crippen LogP contribution in [0.3, 0.4) is 0 Å². The second-order valence-electron chi connectivity index (χ2n) is 4.98. The van der Waals surface area contributed by atoms with Crippen molar-refractivity contribution >= 4 is 29.1 Å². The van der Waals surface area contributed by atoms with Crippen molar-refractivity contribution in [1.82, 2.24) is 19.7 Å². The van der Waals surface area contributed by atoms with E-state index in [1.807, 2.05) is 0 Å².